The average Bonchev–Trinajstić information content (AvgIpc) is 2.78. The summed E-state index contributed by atoms with van der Waals surface area (Å²) in [5, 5.41) is 2.76. The van der Waals surface area contributed by atoms with Gasteiger partial charge in [0.05, 0.1) is 25.9 Å². The Morgan fingerprint density at radius 3 is 2.39 bits per heavy atom. The van der Waals surface area contributed by atoms with E-state index in [-0.39, 0.29) is 5.91 Å². The van der Waals surface area contributed by atoms with Crippen LogP contribution < -0.4 is 19.5 Å². The van der Waals surface area contributed by atoms with Gasteiger partial charge in [0.25, 0.3) is 5.91 Å². The Hall–Kier alpha value is -3.22. The highest BCUT2D eigenvalue weighted by Crippen LogP contribution is 2.29. The normalized spacial score (nSPS) is 11.4. The summed E-state index contributed by atoms with van der Waals surface area (Å²) in [5.41, 5.74) is 1.20. The lowest BCUT2D eigenvalue weighted by atomic mass is 10.2. The first-order chi connectivity index (χ1) is 15.0. The monoisotopic (exact) mass is 429 g/mol. The summed E-state index contributed by atoms with van der Waals surface area (Å²) in [6.45, 7) is 6.81. The first kappa shape index (κ1) is 24.1. The Kier molecular flexibility index (Phi) is 9.68. The van der Waals surface area contributed by atoms with Crippen LogP contribution in [0.4, 0.5) is 0 Å². The van der Waals surface area contributed by atoms with E-state index in [1.807, 2.05) is 31.2 Å². The Balaban J connectivity index is 1.93. The SMILES string of the molecule is CCCCOc1ccc(C(=O)OC(C)C(=O)NCc2ccc(OC)cc2)cc1OCC. The summed E-state index contributed by atoms with van der Waals surface area (Å²) in [4.78, 5) is 24.8. The summed E-state index contributed by atoms with van der Waals surface area (Å²) >= 11 is 0. The maximum absolute atomic E-state index is 12.5. The van der Waals surface area contributed by atoms with Crippen LogP contribution in [0.1, 0.15) is 49.5 Å². The van der Waals surface area contributed by atoms with Gasteiger partial charge in [-0.2, -0.15) is 0 Å². The third-order valence-electron chi connectivity index (χ3n) is 4.51. The summed E-state index contributed by atoms with van der Waals surface area (Å²) < 4.78 is 21.8. The molecule has 1 atom stereocenters. The minimum absolute atomic E-state index is 0.293. The number of carbonyl (C=O) groups excluding carboxylic acids is 2. The van der Waals surface area contributed by atoms with Crippen LogP contribution in [-0.4, -0.2) is 38.3 Å². The molecule has 1 N–H and O–H groups in total. The van der Waals surface area contributed by atoms with Crippen LogP contribution in [0.15, 0.2) is 42.5 Å². The van der Waals surface area contributed by atoms with E-state index in [0.29, 0.717) is 36.8 Å². The zero-order chi connectivity index (χ0) is 22.6. The zero-order valence-electron chi connectivity index (χ0n) is 18.6. The van der Waals surface area contributed by atoms with Crippen molar-refractivity contribution in [2.24, 2.45) is 0 Å². The van der Waals surface area contributed by atoms with Crippen molar-refractivity contribution in [3.8, 4) is 17.2 Å². The Bertz CT molecular complexity index is 850. The van der Waals surface area contributed by atoms with Crippen LogP contribution in [0.3, 0.4) is 0 Å². The van der Waals surface area contributed by atoms with Gasteiger partial charge in [0.1, 0.15) is 5.75 Å². The quantitative estimate of drug-likeness (QED) is 0.403. The molecule has 0 saturated carbocycles. The van der Waals surface area contributed by atoms with Gasteiger partial charge in [-0.3, -0.25) is 4.79 Å². The highest BCUT2D eigenvalue weighted by molar-refractivity contribution is 5.92. The first-order valence-electron chi connectivity index (χ1n) is 10.5. The van der Waals surface area contributed by atoms with Gasteiger partial charge in [-0.1, -0.05) is 25.5 Å². The third kappa shape index (κ3) is 7.51. The van der Waals surface area contributed by atoms with Crippen molar-refractivity contribution < 1.29 is 28.5 Å². The molecule has 7 nitrogen and oxygen atoms in total. The Morgan fingerprint density at radius 1 is 1.00 bits per heavy atom. The van der Waals surface area contributed by atoms with Crippen LogP contribution in [0.2, 0.25) is 0 Å². The summed E-state index contributed by atoms with van der Waals surface area (Å²) in [5.74, 6) is 0.814. The molecule has 168 valence electrons. The topological polar surface area (TPSA) is 83.1 Å². The van der Waals surface area contributed by atoms with Crippen molar-refractivity contribution >= 4 is 11.9 Å². The van der Waals surface area contributed by atoms with Gasteiger partial charge >= 0.3 is 5.97 Å². The molecule has 0 aliphatic carbocycles. The molecule has 0 fully saturated rings. The van der Waals surface area contributed by atoms with Gasteiger partial charge in [0, 0.05) is 6.54 Å². The van der Waals surface area contributed by atoms with E-state index in [1.165, 1.54) is 6.92 Å². The van der Waals surface area contributed by atoms with Crippen LogP contribution in [-0.2, 0) is 16.1 Å². The minimum atomic E-state index is -0.943. The fourth-order valence-electron chi connectivity index (χ4n) is 2.71. The minimum Gasteiger partial charge on any atom is -0.497 e. The molecule has 1 unspecified atom stereocenters. The van der Waals surface area contributed by atoms with Gasteiger partial charge in [-0.05, 0) is 56.2 Å². The van der Waals surface area contributed by atoms with Gasteiger partial charge in [0.15, 0.2) is 17.6 Å². The van der Waals surface area contributed by atoms with Crippen LogP contribution >= 0.6 is 0 Å². The number of benzene rings is 2. The Labute approximate surface area is 183 Å². The molecule has 0 radical (unpaired) electrons. The second-order valence-corrected chi connectivity index (χ2v) is 6.91. The van der Waals surface area contributed by atoms with Crippen molar-refractivity contribution in [3.63, 3.8) is 0 Å². The molecule has 2 aromatic carbocycles. The molecule has 0 heterocycles. The number of rotatable bonds is 12. The number of amides is 1. The highest BCUT2D eigenvalue weighted by Gasteiger charge is 2.20. The molecular weight excluding hydrogens is 398 g/mol. The predicted molar refractivity (Wildman–Crippen MR) is 118 cm³/mol. The number of esters is 1. The van der Waals surface area contributed by atoms with Crippen LogP contribution in [0.5, 0.6) is 17.2 Å². The van der Waals surface area contributed by atoms with Gasteiger partial charge in [-0.15, -0.1) is 0 Å². The second kappa shape index (κ2) is 12.5. The van der Waals surface area contributed by atoms with Gasteiger partial charge in [0.2, 0.25) is 0 Å². The number of unbranched alkanes of at least 4 members (excludes halogenated alkanes) is 1. The maximum atomic E-state index is 12.5. The molecule has 0 aliphatic rings. The van der Waals surface area contributed by atoms with E-state index >= 15 is 0 Å². The fraction of sp³-hybridized carbons (Fsp3) is 0.417. The molecule has 2 rings (SSSR count). The van der Waals surface area contributed by atoms with E-state index in [2.05, 4.69) is 12.2 Å². The number of hydrogen-bond donors (Lipinski definition) is 1. The van der Waals surface area contributed by atoms with Gasteiger partial charge in [-0.25, -0.2) is 4.79 Å². The largest absolute Gasteiger partial charge is 0.497 e. The van der Waals surface area contributed by atoms with E-state index < -0.39 is 12.1 Å². The molecule has 0 spiro atoms. The second-order valence-electron chi connectivity index (χ2n) is 6.91. The van der Waals surface area contributed by atoms with Crippen molar-refractivity contribution in [1.29, 1.82) is 0 Å². The van der Waals surface area contributed by atoms with Gasteiger partial charge < -0.3 is 24.3 Å². The first-order valence-corrected chi connectivity index (χ1v) is 10.5. The molecule has 0 bridgehead atoms. The number of hydrogen-bond acceptors (Lipinski definition) is 6. The lowest BCUT2D eigenvalue weighted by molar-refractivity contribution is -0.129. The average molecular weight is 430 g/mol. The zero-order valence-corrected chi connectivity index (χ0v) is 18.6. The molecule has 0 aliphatic heterocycles. The van der Waals surface area contributed by atoms with Crippen LogP contribution in [0, 0.1) is 0 Å². The van der Waals surface area contributed by atoms with Crippen molar-refractivity contribution in [3.05, 3.63) is 53.6 Å². The standard InChI is InChI=1S/C24H31NO6/c1-5-7-14-30-21-13-10-19(15-22(21)29-6-2)24(27)31-17(3)23(26)25-16-18-8-11-20(28-4)12-9-18/h8-13,15,17H,5-7,14,16H2,1-4H3,(H,25,26). The fourth-order valence-corrected chi connectivity index (χ4v) is 2.71. The molecule has 31 heavy (non-hydrogen) atoms. The lowest BCUT2D eigenvalue weighted by Gasteiger charge is -2.15. The summed E-state index contributed by atoms with van der Waals surface area (Å²) in [6, 6.07) is 12.2. The van der Waals surface area contributed by atoms with E-state index in [4.69, 9.17) is 18.9 Å². The highest BCUT2D eigenvalue weighted by atomic mass is 16.5. The van der Waals surface area contributed by atoms with E-state index in [9.17, 15) is 9.59 Å². The van der Waals surface area contributed by atoms with E-state index in [0.717, 1.165) is 24.2 Å². The third-order valence-corrected chi connectivity index (χ3v) is 4.51. The summed E-state index contributed by atoms with van der Waals surface area (Å²) in [6.07, 6.45) is 1.01. The Morgan fingerprint density at radius 2 is 1.74 bits per heavy atom. The summed E-state index contributed by atoms with van der Waals surface area (Å²) in [7, 11) is 1.59. The maximum Gasteiger partial charge on any atom is 0.339 e. The molecule has 0 saturated heterocycles. The predicted octanol–water partition coefficient (Wildman–Crippen LogP) is 4.13. The number of ether oxygens (including phenoxy) is 4. The van der Waals surface area contributed by atoms with Crippen molar-refractivity contribution in [2.45, 2.75) is 46.3 Å². The number of methoxy groups -OCH3 is 1. The molecule has 0 aromatic heterocycles. The van der Waals surface area contributed by atoms with Crippen LogP contribution in [0.25, 0.3) is 0 Å². The molecular formula is C24H31NO6. The van der Waals surface area contributed by atoms with E-state index in [1.54, 1.807) is 25.3 Å². The van der Waals surface area contributed by atoms with Crippen molar-refractivity contribution in [1.82, 2.24) is 5.32 Å². The van der Waals surface area contributed by atoms with Crippen molar-refractivity contribution in [2.75, 3.05) is 20.3 Å². The molecule has 7 heteroatoms. The molecule has 2 aromatic rings. The molecule has 1 amide bonds. The number of carbonyl (C=O) groups is 2. The lowest BCUT2D eigenvalue weighted by Crippen LogP contribution is -2.35. The number of nitrogens with one attached hydrogen (secondary N) is 1. The smallest absolute Gasteiger partial charge is 0.339 e.